The zero-order valence-electron chi connectivity index (χ0n) is 34.7. The summed E-state index contributed by atoms with van der Waals surface area (Å²) < 4.78 is 9.89. The van der Waals surface area contributed by atoms with Gasteiger partial charge in [0.2, 0.25) is 0 Å². The van der Waals surface area contributed by atoms with Crippen LogP contribution in [-0.2, 0) is 0 Å². The van der Waals surface area contributed by atoms with Gasteiger partial charge in [-0.1, -0.05) is 164 Å². The van der Waals surface area contributed by atoms with E-state index >= 15 is 0 Å². The highest BCUT2D eigenvalue weighted by molar-refractivity contribution is 6.16. The lowest BCUT2D eigenvalue weighted by atomic mass is 10.0. The smallest absolute Gasteiger partial charge is 0.0782 e. The topological polar surface area (TPSA) is 19.7 Å². The zero-order chi connectivity index (χ0) is 41.9. The average molecular weight is 815 g/mol. The Morgan fingerprint density at radius 3 is 1.03 bits per heavy atom. The molecule has 4 heteroatoms. The second kappa shape index (κ2) is 13.4. The maximum absolute atomic E-state index is 2.52. The normalized spacial score (nSPS) is 12.1. The van der Waals surface area contributed by atoms with E-state index in [-0.39, 0.29) is 0 Å². The number of rotatable bonds is 5. The molecule has 10 aromatic carbocycles. The summed E-state index contributed by atoms with van der Waals surface area (Å²) >= 11 is 0. The SMILES string of the molecule is c1ccc(-n2c3ccccc3c3ccc(-n4c5ccccc5c5ccccc54)cc32)c(-c2ccccc2-n2c3ccccc3c3cccc(-n4c5ccccc5c5ccccc54)c32)c1. The Kier molecular flexibility index (Phi) is 7.36. The first-order valence-corrected chi connectivity index (χ1v) is 22.0. The fourth-order valence-electron chi connectivity index (χ4n) is 11.0. The molecule has 0 saturated heterocycles. The monoisotopic (exact) mass is 814 g/mol. The van der Waals surface area contributed by atoms with Gasteiger partial charge in [0.05, 0.1) is 61.2 Å². The van der Waals surface area contributed by atoms with Crippen molar-refractivity contribution in [2.24, 2.45) is 0 Å². The molecule has 14 aromatic rings. The summed E-state index contributed by atoms with van der Waals surface area (Å²) in [6.45, 7) is 0. The summed E-state index contributed by atoms with van der Waals surface area (Å²) in [6.07, 6.45) is 0. The van der Waals surface area contributed by atoms with Gasteiger partial charge in [-0.05, 0) is 66.7 Å². The van der Waals surface area contributed by atoms with Crippen molar-refractivity contribution in [3.05, 3.63) is 231 Å². The minimum absolute atomic E-state index is 1.13. The van der Waals surface area contributed by atoms with Crippen molar-refractivity contribution in [2.45, 2.75) is 0 Å². The summed E-state index contributed by atoms with van der Waals surface area (Å²) in [5.74, 6) is 0. The molecule has 4 aromatic heterocycles. The van der Waals surface area contributed by atoms with Crippen molar-refractivity contribution in [1.82, 2.24) is 18.3 Å². The van der Waals surface area contributed by atoms with Crippen LogP contribution in [0.2, 0.25) is 0 Å². The third-order valence-electron chi connectivity index (χ3n) is 13.6. The first-order chi connectivity index (χ1) is 31.8. The molecule has 0 atom stereocenters. The van der Waals surface area contributed by atoms with Gasteiger partial charge in [-0.25, -0.2) is 0 Å². The van der Waals surface area contributed by atoms with Gasteiger partial charge in [0, 0.05) is 59.9 Å². The molecular weight excluding hydrogens is 777 g/mol. The second-order valence-corrected chi connectivity index (χ2v) is 16.9. The van der Waals surface area contributed by atoms with E-state index < -0.39 is 0 Å². The zero-order valence-corrected chi connectivity index (χ0v) is 34.7. The van der Waals surface area contributed by atoms with E-state index in [1.807, 2.05) is 0 Å². The van der Waals surface area contributed by atoms with Crippen LogP contribution in [0.3, 0.4) is 0 Å². The maximum Gasteiger partial charge on any atom is 0.0782 e. The van der Waals surface area contributed by atoms with Crippen molar-refractivity contribution in [3.63, 3.8) is 0 Å². The van der Waals surface area contributed by atoms with Crippen molar-refractivity contribution < 1.29 is 0 Å². The first-order valence-electron chi connectivity index (χ1n) is 22.0. The van der Waals surface area contributed by atoms with Crippen molar-refractivity contribution in [1.29, 1.82) is 0 Å². The van der Waals surface area contributed by atoms with Gasteiger partial charge in [0.15, 0.2) is 0 Å². The summed E-state index contributed by atoms with van der Waals surface area (Å²) in [5.41, 5.74) is 16.3. The highest BCUT2D eigenvalue weighted by Crippen LogP contribution is 2.44. The van der Waals surface area contributed by atoms with Crippen molar-refractivity contribution in [2.75, 3.05) is 0 Å². The predicted octanol–water partition coefficient (Wildman–Crippen LogP) is 15.7. The highest BCUT2D eigenvalue weighted by Gasteiger charge is 2.23. The van der Waals surface area contributed by atoms with Crippen LogP contribution in [0.25, 0.3) is 121 Å². The number of benzene rings is 10. The van der Waals surface area contributed by atoms with Gasteiger partial charge in [-0.15, -0.1) is 0 Å². The molecule has 4 heterocycles. The van der Waals surface area contributed by atoms with Crippen LogP contribution in [0.15, 0.2) is 231 Å². The van der Waals surface area contributed by atoms with Crippen molar-refractivity contribution in [3.8, 4) is 33.9 Å². The molecule has 0 aliphatic rings. The van der Waals surface area contributed by atoms with Crippen LogP contribution < -0.4 is 0 Å². The fraction of sp³-hybridized carbons (Fsp3) is 0. The van der Waals surface area contributed by atoms with Gasteiger partial charge in [0.1, 0.15) is 0 Å². The van der Waals surface area contributed by atoms with Gasteiger partial charge in [0.25, 0.3) is 0 Å². The van der Waals surface area contributed by atoms with Gasteiger partial charge >= 0.3 is 0 Å². The number of aromatic nitrogens is 4. The van der Waals surface area contributed by atoms with E-state index in [4.69, 9.17) is 0 Å². The Morgan fingerprint density at radius 2 is 0.531 bits per heavy atom. The molecule has 0 aliphatic heterocycles. The Balaban J connectivity index is 1.05. The lowest BCUT2D eigenvalue weighted by Gasteiger charge is -2.20. The molecule has 0 saturated carbocycles. The molecule has 0 fully saturated rings. The number of hydrogen-bond donors (Lipinski definition) is 0. The molecule has 0 unspecified atom stereocenters. The number of hydrogen-bond acceptors (Lipinski definition) is 0. The van der Waals surface area contributed by atoms with Crippen LogP contribution in [0.4, 0.5) is 0 Å². The first kappa shape index (κ1) is 35.0. The molecule has 14 rings (SSSR count). The number of para-hydroxylation sites is 9. The van der Waals surface area contributed by atoms with Crippen LogP contribution in [0, 0.1) is 0 Å². The van der Waals surface area contributed by atoms with Gasteiger partial charge in [-0.3, -0.25) is 0 Å². The van der Waals surface area contributed by atoms with Crippen molar-refractivity contribution >= 4 is 87.2 Å². The Hall–Kier alpha value is -8.60. The summed E-state index contributed by atoms with van der Waals surface area (Å²) in [5, 5.41) is 9.91. The standard InChI is InChI=1S/C60H38N4/c1-9-27-50-40(18-1)41-19-2-10-28-51(41)61(50)39-36-37-48-46-24-6-14-32-55(46)63(59(48)38-39)54-31-13-5-22-44(54)45-23-7-15-33-56(45)64-57-34-16-8-25-47(57)49-26-17-35-58(60(49)64)62-52-29-11-3-20-42(52)43-21-4-12-30-53(43)62/h1-38H. The second-order valence-electron chi connectivity index (χ2n) is 16.9. The lowest BCUT2D eigenvalue weighted by molar-refractivity contribution is 1.13. The van der Waals surface area contributed by atoms with Crippen LogP contribution >= 0.6 is 0 Å². The molecule has 0 spiro atoms. The molecule has 298 valence electrons. The van der Waals surface area contributed by atoms with E-state index in [0.717, 1.165) is 39.4 Å². The molecule has 0 bridgehead atoms. The predicted molar refractivity (Wildman–Crippen MR) is 269 cm³/mol. The Bertz CT molecular complexity index is 4100. The third kappa shape index (κ3) is 4.82. The van der Waals surface area contributed by atoms with Crippen LogP contribution in [0.5, 0.6) is 0 Å². The largest absolute Gasteiger partial charge is 0.309 e. The number of fused-ring (bicyclic) bond motifs is 12. The molecule has 0 amide bonds. The molecule has 0 radical (unpaired) electrons. The van der Waals surface area contributed by atoms with E-state index in [2.05, 4.69) is 249 Å². The summed E-state index contributed by atoms with van der Waals surface area (Å²) in [7, 11) is 0. The molecular formula is C60H38N4. The Morgan fingerprint density at radius 1 is 0.203 bits per heavy atom. The Labute approximate surface area is 368 Å². The van der Waals surface area contributed by atoms with E-state index in [1.54, 1.807) is 0 Å². The van der Waals surface area contributed by atoms with Crippen LogP contribution in [0.1, 0.15) is 0 Å². The summed E-state index contributed by atoms with van der Waals surface area (Å²) in [6, 6.07) is 84.6. The highest BCUT2D eigenvalue weighted by atomic mass is 15.1. The third-order valence-corrected chi connectivity index (χ3v) is 13.6. The quantitative estimate of drug-likeness (QED) is 0.165. The van der Waals surface area contributed by atoms with Gasteiger partial charge < -0.3 is 18.3 Å². The molecule has 4 nitrogen and oxygen atoms in total. The van der Waals surface area contributed by atoms with Gasteiger partial charge in [-0.2, -0.15) is 0 Å². The molecule has 0 N–H and O–H groups in total. The van der Waals surface area contributed by atoms with E-state index in [9.17, 15) is 0 Å². The minimum Gasteiger partial charge on any atom is -0.309 e. The molecule has 64 heavy (non-hydrogen) atoms. The molecule has 0 aliphatic carbocycles. The van der Waals surface area contributed by atoms with Crippen LogP contribution in [-0.4, -0.2) is 18.3 Å². The number of nitrogens with zero attached hydrogens (tertiary/aromatic N) is 4. The average Bonchev–Trinajstić information content (AvgIpc) is 4.09. The lowest BCUT2D eigenvalue weighted by Crippen LogP contribution is -2.03. The minimum atomic E-state index is 1.13. The maximum atomic E-state index is 2.52. The fourth-order valence-corrected chi connectivity index (χ4v) is 11.0. The van der Waals surface area contributed by atoms with E-state index in [1.165, 1.54) is 81.7 Å². The van der Waals surface area contributed by atoms with E-state index in [0.29, 0.717) is 0 Å². The summed E-state index contributed by atoms with van der Waals surface area (Å²) in [4.78, 5) is 0.